The van der Waals surface area contributed by atoms with Crippen LogP contribution in [0.5, 0.6) is 0 Å². The molecule has 0 saturated carbocycles. The third-order valence-corrected chi connectivity index (χ3v) is 2.72. The van der Waals surface area contributed by atoms with Crippen LogP contribution in [0, 0.1) is 12.7 Å². The number of rotatable bonds is 3. The summed E-state index contributed by atoms with van der Waals surface area (Å²) in [6, 6.07) is 6.74. The summed E-state index contributed by atoms with van der Waals surface area (Å²) in [5.41, 5.74) is 7.30. The van der Waals surface area contributed by atoms with Gasteiger partial charge in [-0.25, -0.2) is 14.4 Å². The fourth-order valence-electron chi connectivity index (χ4n) is 1.77. The van der Waals surface area contributed by atoms with E-state index in [9.17, 15) is 4.39 Å². The summed E-state index contributed by atoms with van der Waals surface area (Å²) >= 11 is 0. The molecule has 2 N–H and O–H groups in total. The summed E-state index contributed by atoms with van der Waals surface area (Å²) in [4.78, 5) is 8.39. The molecule has 2 aromatic rings. The lowest BCUT2D eigenvalue weighted by molar-refractivity contribution is 0.616. The lowest BCUT2D eigenvalue weighted by Crippen LogP contribution is -2.16. The van der Waals surface area contributed by atoms with E-state index in [1.807, 2.05) is 0 Å². The molecule has 88 valence electrons. The maximum Gasteiger partial charge on any atom is 0.136 e. The Morgan fingerprint density at radius 2 is 2.00 bits per heavy atom. The minimum atomic E-state index is -0.210. The molecule has 0 amide bonds. The Morgan fingerprint density at radius 1 is 1.29 bits per heavy atom. The first kappa shape index (κ1) is 11.7. The van der Waals surface area contributed by atoms with Crippen LogP contribution in [0.3, 0.4) is 0 Å². The van der Waals surface area contributed by atoms with Gasteiger partial charge in [0.1, 0.15) is 11.6 Å². The Labute approximate surface area is 99.5 Å². The van der Waals surface area contributed by atoms with Gasteiger partial charge in [-0.3, -0.25) is 0 Å². The van der Waals surface area contributed by atoms with Crippen LogP contribution in [0.1, 0.15) is 22.9 Å². The quantitative estimate of drug-likeness (QED) is 0.879. The second kappa shape index (κ2) is 5.01. The van der Waals surface area contributed by atoms with Gasteiger partial charge in [-0.1, -0.05) is 12.1 Å². The summed E-state index contributed by atoms with van der Waals surface area (Å²) in [6.45, 7) is 2.13. The average molecular weight is 231 g/mol. The van der Waals surface area contributed by atoms with Gasteiger partial charge in [-0.05, 0) is 30.2 Å². The molecule has 0 radical (unpaired) electrons. The number of nitrogens with zero attached hydrogens (tertiary/aromatic N) is 2. The molecular weight excluding hydrogens is 217 g/mol. The van der Waals surface area contributed by atoms with Gasteiger partial charge < -0.3 is 5.73 Å². The van der Waals surface area contributed by atoms with Crippen LogP contribution in [-0.2, 0) is 0 Å². The summed E-state index contributed by atoms with van der Waals surface area (Å²) in [6.07, 6.45) is 3.36. The first-order chi connectivity index (χ1) is 8.22. The molecule has 1 aromatic carbocycles. The van der Waals surface area contributed by atoms with Crippen molar-refractivity contribution >= 4 is 0 Å². The van der Waals surface area contributed by atoms with Gasteiger partial charge in [0.15, 0.2) is 0 Å². The highest BCUT2D eigenvalue weighted by atomic mass is 19.1. The van der Waals surface area contributed by atoms with Crippen molar-refractivity contribution in [2.45, 2.75) is 12.8 Å². The highest BCUT2D eigenvalue weighted by molar-refractivity contribution is 5.30. The second-order valence-electron chi connectivity index (χ2n) is 3.90. The van der Waals surface area contributed by atoms with Gasteiger partial charge in [0.25, 0.3) is 0 Å². The molecule has 0 aliphatic heterocycles. The molecule has 4 heteroatoms. The van der Waals surface area contributed by atoms with E-state index in [-0.39, 0.29) is 11.7 Å². The van der Waals surface area contributed by atoms with Gasteiger partial charge in [0.2, 0.25) is 0 Å². The van der Waals surface area contributed by atoms with Gasteiger partial charge in [0.05, 0.1) is 5.92 Å². The maximum absolute atomic E-state index is 13.2. The van der Waals surface area contributed by atoms with Crippen molar-refractivity contribution in [1.82, 2.24) is 9.97 Å². The van der Waals surface area contributed by atoms with Crippen molar-refractivity contribution in [3.05, 3.63) is 59.4 Å². The molecular formula is C13H14FN3. The minimum absolute atomic E-state index is 0.0875. The van der Waals surface area contributed by atoms with Gasteiger partial charge in [-0.15, -0.1) is 0 Å². The van der Waals surface area contributed by atoms with E-state index < -0.39 is 0 Å². The predicted molar refractivity (Wildman–Crippen MR) is 64.1 cm³/mol. The molecule has 1 atom stereocenters. The Bertz CT molecular complexity index is 499. The van der Waals surface area contributed by atoms with Gasteiger partial charge in [0, 0.05) is 18.9 Å². The maximum atomic E-state index is 13.2. The molecule has 3 nitrogen and oxygen atoms in total. The highest BCUT2D eigenvalue weighted by Crippen LogP contribution is 2.22. The molecule has 0 saturated heterocycles. The number of hydrogen-bond acceptors (Lipinski definition) is 3. The molecule has 0 bridgehead atoms. The first-order valence-electron chi connectivity index (χ1n) is 5.45. The number of hydrogen-bond donors (Lipinski definition) is 1. The monoisotopic (exact) mass is 231 g/mol. The van der Waals surface area contributed by atoms with E-state index in [0.29, 0.717) is 17.9 Å². The summed E-state index contributed by atoms with van der Waals surface area (Å²) < 4.78 is 13.2. The van der Waals surface area contributed by atoms with Crippen molar-refractivity contribution in [3.63, 3.8) is 0 Å². The zero-order valence-corrected chi connectivity index (χ0v) is 9.60. The molecule has 0 spiro atoms. The van der Waals surface area contributed by atoms with E-state index in [1.165, 1.54) is 6.07 Å². The van der Waals surface area contributed by atoms with Crippen LogP contribution in [0.15, 0.2) is 36.7 Å². The summed E-state index contributed by atoms with van der Waals surface area (Å²) in [5, 5.41) is 0. The van der Waals surface area contributed by atoms with E-state index in [1.54, 1.807) is 37.5 Å². The molecule has 1 heterocycles. The van der Waals surface area contributed by atoms with Crippen molar-refractivity contribution in [2.75, 3.05) is 6.54 Å². The molecule has 1 unspecified atom stereocenters. The molecule has 17 heavy (non-hydrogen) atoms. The SMILES string of the molecule is Cc1cc(C(CN)c2ncccn2)ccc1F. The topological polar surface area (TPSA) is 51.8 Å². The van der Waals surface area contributed by atoms with Crippen LogP contribution < -0.4 is 5.73 Å². The second-order valence-corrected chi connectivity index (χ2v) is 3.90. The zero-order chi connectivity index (χ0) is 12.3. The molecule has 0 aliphatic carbocycles. The zero-order valence-electron chi connectivity index (χ0n) is 9.60. The van der Waals surface area contributed by atoms with Crippen LogP contribution in [0.25, 0.3) is 0 Å². The summed E-state index contributed by atoms with van der Waals surface area (Å²) in [7, 11) is 0. The normalized spacial score (nSPS) is 12.4. The van der Waals surface area contributed by atoms with E-state index in [2.05, 4.69) is 9.97 Å². The lowest BCUT2D eigenvalue weighted by Gasteiger charge is -2.14. The van der Waals surface area contributed by atoms with Crippen LogP contribution in [0.4, 0.5) is 4.39 Å². The Morgan fingerprint density at radius 3 is 2.59 bits per heavy atom. The van der Waals surface area contributed by atoms with Crippen molar-refractivity contribution in [2.24, 2.45) is 5.73 Å². The third-order valence-electron chi connectivity index (χ3n) is 2.72. The standard InChI is InChI=1S/C13H14FN3/c1-9-7-10(3-4-12(9)14)11(8-15)13-16-5-2-6-17-13/h2-7,11H,8,15H2,1H3. The smallest absolute Gasteiger partial charge is 0.136 e. The van der Waals surface area contributed by atoms with E-state index in [0.717, 1.165) is 5.56 Å². The number of aromatic nitrogens is 2. The molecule has 2 rings (SSSR count). The fraction of sp³-hybridized carbons (Fsp3) is 0.231. The predicted octanol–water partition coefficient (Wildman–Crippen LogP) is 2.01. The van der Waals surface area contributed by atoms with Gasteiger partial charge >= 0.3 is 0 Å². The largest absolute Gasteiger partial charge is 0.329 e. The lowest BCUT2D eigenvalue weighted by atomic mass is 9.96. The third kappa shape index (κ3) is 2.47. The van der Waals surface area contributed by atoms with Crippen LogP contribution in [0.2, 0.25) is 0 Å². The summed E-state index contributed by atoms with van der Waals surface area (Å²) in [5.74, 6) is 0.370. The van der Waals surface area contributed by atoms with E-state index >= 15 is 0 Å². The molecule has 0 fully saturated rings. The van der Waals surface area contributed by atoms with Crippen molar-refractivity contribution in [1.29, 1.82) is 0 Å². The average Bonchev–Trinajstić information content (AvgIpc) is 2.36. The first-order valence-corrected chi connectivity index (χ1v) is 5.45. The molecule has 0 aliphatic rings. The minimum Gasteiger partial charge on any atom is -0.329 e. The van der Waals surface area contributed by atoms with E-state index in [4.69, 9.17) is 5.73 Å². The van der Waals surface area contributed by atoms with Crippen molar-refractivity contribution < 1.29 is 4.39 Å². The van der Waals surface area contributed by atoms with Crippen LogP contribution >= 0.6 is 0 Å². The number of aryl methyl sites for hydroxylation is 1. The number of halogens is 1. The van der Waals surface area contributed by atoms with Crippen LogP contribution in [-0.4, -0.2) is 16.5 Å². The Kier molecular flexibility index (Phi) is 3.44. The van der Waals surface area contributed by atoms with Crippen molar-refractivity contribution in [3.8, 4) is 0 Å². The number of benzene rings is 1. The van der Waals surface area contributed by atoms with Gasteiger partial charge in [-0.2, -0.15) is 0 Å². The highest BCUT2D eigenvalue weighted by Gasteiger charge is 2.15. The Balaban J connectivity index is 2.39. The Hall–Kier alpha value is -1.81. The number of nitrogens with two attached hydrogens (primary N) is 1. The molecule has 1 aromatic heterocycles. The fourth-order valence-corrected chi connectivity index (χ4v) is 1.77.